The quantitative estimate of drug-likeness (QED) is 0.327. The fraction of sp³-hybridized carbons (Fsp3) is 0.667. The third-order valence-electron chi connectivity index (χ3n) is 3.64. The van der Waals surface area contributed by atoms with Crippen LogP contribution in [0.3, 0.4) is 0 Å². The van der Waals surface area contributed by atoms with Gasteiger partial charge in [-0.25, -0.2) is 4.79 Å². The van der Waals surface area contributed by atoms with Crippen molar-refractivity contribution < 1.29 is 35.6 Å². The predicted molar refractivity (Wildman–Crippen MR) is 81.5 cm³/mol. The molecule has 0 bridgehead atoms. The summed E-state index contributed by atoms with van der Waals surface area (Å²) in [5.41, 5.74) is 4.01. The first kappa shape index (κ1) is 19.9. The van der Waals surface area contributed by atoms with E-state index in [0.717, 1.165) is 31.4 Å². The van der Waals surface area contributed by atoms with Gasteiger partial charge in [0.15, 0.2) is 0 Å². The van der Waals surface area contributed by atoms with Gasteiger partial charge in [-0.05, 0) is 18.4 Å². The molecule has 0 spiro atoms. The number of ether oxygens (including phenoxy) is 2. The number of carbonyl (C=O) groups excluding carboxylic acids is 2. The van der Waals surface area contributed by atoms with Gasteiger partial charge in [0.05, 0.1) is 0 Å². The maximum atomic E-state index is 12.2. The number of rotatable bonds is 6. The molecule has 6 nitrogen and oxygen atoms in total. The summed E-state index contributed by atoms with van der Waals surface area (Å²) >= 11 is 1.52. The zero-order chi connectivity index (χ0) is 15.9. The summed E-state index contributed by atoms with van der Waals surface area (Å²) in [7, 11) is 0. The van der Waals surface area contributed by atoms with Gasteiger partial charge in [-0.3, -0.25) is 16.1 Å². The van der Waals surface area contributed by atoms with Crippen molar-refractivity contribution in [3.63, 3.8) is 0 Å². The van der Waals surface area contributed by atoms with Crippen molar-refractivity contribution in [2.45, 2.75) is 52.0 Å². The molecule has 1 aromatic heterocycles. The number of nitrogens with zero attached hydrogens (tertiary/aromatic N) is 2. The van der Waals surface area contributed by atoms with Crippen molar-refractivity contribution in [1.29, 1.82) is 0 Å². The van der Waals surface area contributed by atoms with Crippen LogP contribution in [-0.2, 0) is 43.6 Å². The van der Waals surface area contributed by atoms with E-state index < -0.39 is 6.09 Å². The van der Waals surface area contributed by atoms with Gasteiger partial charge in [0, 0.05) is 35.5 Å². The van der Waals surface area contributed by atoms with Gasteiger partial charge < -0.3 is 19.4 Å². The largest absolute Gasteiger partial charge is 0.428 e. The number of hydrogen-bond donors (Lipinski definition) is 0. The molecule has 0 N–H and O–H groups in total. The Balaban J connectivity index is 0.00000264. The maximum absolute atomic E-state index is 12.2. The van der Waals surface area contributed by atoms with Crippen molar-refractivity contribution >= 4 is 23.4 Å². The summed E-state index contributed by atoms with van der Waals surface area (Å²) in [6, 6.07) is 0.107. The Morgan fingerprint density at radius 1 is 1.39 bits per heavy atom. The van der Waals surface area contributed by atoms with E-state index in [-0.39, 0.29) is 41.7 Å². The van der Waals surface area contributed by atoms with Gasteiger partial charge in [0.1, 0.15) is 0 Å². The molecule has 1 unspecified atom stereocenters. The van der Waals surface area contributed by atoms with Gasteiger partial charge in [-0.1, -0.05) is 26.7 Å². The van der Waals surface area contributed by atoms with E-state index in [4.69, 9.17) is 9.47 Å². The molecule has 23 heavy (non-hydrogen) atoms. The summed E-state index contributed by atoms with van der Waals surface area (Å²) in [5, 5.41) is 0. The number of hydrogen-bond acceptors (Lipinski definition) is 6. The second kappa shape index (κ2) is 9.88. The van der Waals surface area contributed by atoms with Crippen LogP contribution in [0.4, 0.5) is 4.79 Å². The van der Waals surface area contributed by atoms with E-state index in [9.17, 15) is 9.59 Å². The second-order valence-electron chi connectivity index (χ2n) is 5.16. The Kier molecular flexibility index (Phi) is 8.55. The first-order valence-corrected chi connectivity index (χ1v) is 8.41. The first-order valence-electron chi connectivity index (χ1n) is 7.59. The van der Waals surface area contributed by atoms with E-state index in [1.807, 2.05) is 6.92 Å². The minimum Gasteiger partial charge on any atom is -0.428 e. The molecular formula is C15H21N2NiO4S-. The molecule has 132 valence electrons. The second-order valence-corrected chi connectivity index (χ2v) is 6.04. The number of aryl methyl sites for hydroxylation is 1. The Labute approximate surface area is 150 Å². The van der Waals surface area contributed by atoms with Gasteiger partial charge in [0.2, 0.25) is 6.79 Å². The van der Waals surface area contributed by atoms with Crippen molar-refractivity contribution in [1.82, 2.24) is 9.88 Å². The molecule has 0 saturated heterocycles. The van der Waals surface area contributed by atoms with Gasteiger partial charge >= 0.3 is 12.1 Å². The summed E-state index contributed by atoms with van der Waals surface area (Å²) in [6.45, 7) is 4.02. The Morgan fingerprint density at radius 3 is 2.87 bits per heavy atom. The van der Waals surface area contributed by atoms with Crippen LogP contribution in [0.15, 0.2) is 0 Å². The van der Waals surface area contributed by atoms with Crippen LogP contribution in [0.25, 0.3) is 0 Å². The summed E-state index contributed by atoms with van der Waals surface area (Å²) in [5.74, 6) is -0.377. The number of carbonyl (C=O) groups is 2. The maximum Gasteiger partial charge on any atom is 0.412 e. The average molecular weight is 384 g/mol. The Morgan fingerprint density at radius 2 is 2.17 bits per heavy atom. The number of amides is 1. The summed E-state index contributed by atoms with van der Waals surface area (Å²) in [6.07, 6.45) is 3.21. The van der Waals surface area contributed by atoms with Gasteiger partial charge in [0.25, 0.3) is 0 Å². The number of fused-ring (bicyclic) bond motifs is 1. The van der Waals surface area contributed by atoms with Crippen LogP contribution in [0.1, 0.15) is 43.7 Å². The van der Waals surface area contributed by atoms with Crippen LogP contribution in [-0.4, -0.2) is 41.3 Å². The van der Waals surface area contributed by atoms with Crippen LogP contribution in [0.2, 0.25) is 0 Å². The van der Waals surface area contributed by atoms with Crippen LogP contribution in [0, 0.1) is 5.51 Å². The molecule has 1 atom stereocenters. The van der Waals surface area contributed by atoms with Crippen LogP contribution < -0.4 is 0 Å². The molecule has 0 aromatic carbocycles. The molecule has 0 aliphatic heterocycles. The Bertz CT molecular complexity index is 523. The van der Waals surface area contributed by atoms with Crippen LogP contribution >= 0.6 is 11.3 Å². The molecule has 1 amide bonds. The van der Waals surface area contributed by atoms with E-state index in [1.54, 1.807) is 11.8 Å². The van der Waals surface area contributed by atoms with Gasteiger partial charge in [-0.15, -0.1) is 10.6 Å². The number of esters is 1. The predicted octanol–water partition coefficient (Wildman–Crippen LogP) is 2.56. The molecule has 1 aliphatic carbocycles. The average Bonchev–Trinajstić information content (AvgIpc) is 2.99. The Hall–Kier alpha value is -1.14. The fourth-order valence-electron chi connectivity index (χ4n) is 2.49. The normalized spacial score (nSPS) is 16.0. The zero-order valence-corrected chi connectivity index (χ0v) is 15.1. The van der Waals surface area contributed by atoms with Gasteiger partial charge in [-0.2, -0.15) is 0 Å². The van der Waals surface area contributed by atoms with Crippen LogP contribution in [0.5, 0.6) is 0 Å². The first-order chi connectivity index (χ1) is 10.7. The van der Waals surface area contributed by atoms with E-state index >= 15 is 0 Å². The topological polar surface area (TPSA) is 68.7 Å². The van der Waals surface area contributed by atoms with E-state index in [1.165, 1.54) is 16.2 Å². The SMILES string of the molecule is CCCN(C(=O)OCOC(=O)CC)C1CCc2n[c-]sc2C1.[Ni]. The zero-order valence-electron chi connectivity index (χ0n) is 13.3. The smallest absolute Gasteiger partial charge is 0.412 e. The minimum absolute atomic E-state index is 0. The summed E-state index contributed by atoms with van der Waals surface area (Å²) in [4.78, 5) is 30.5. The third kappa shape index (κ3) is 5.46. The molecule has 1 aliphatic rings. The minimum atomic E-state index is -0.423. The van der Waals surface area contributed by atoms with Crippen molar-refractivity contribution in [3.05, 3.63) is 16.1 Å². The van der Waals surface area contributed by atoms with Crippen molar-refractivity contribution in [2.75, 3.05) is 13.3 Å². The van der Waals surface area contributed by atoms with E-state index in [2.05, 4.69) is 10.5 Å². The number of aromatic nitrogens is 1. The number of thiazole rings is 1. The molecule has 8 heteroatoms. The molecule has 1 aromatic rings. The van der Waals surface area contributed by atoms with Crippen molar-refractivity contribution in [3.8, 4) is 0 Å². The fourth-order valence-corrected chi connectivity index (χ4v) is 3.30. The molecule has 0 radical (unpaired) electrons. The summed E-state index contributed by atoms with van der Waals surface area (Å²) < 4.78 is 9.88. The van der Waals surface area contributed by atoms with Crippen molar-refractivity contribution in [2.24, 2.45) is 0 Å². The molecular weight excluding hydrogens is 363 g/mol. The van der Waals surface area contributed by atoms with E-state index in [0.29, 0.717) is 6.54 Å². The molecule has 1 heterocycles. The molecule has 0 saturated carbocycles. The molecule has 2 rings (SSSR count). The monoisotopic (exact) mass is 383 g/mol. The third-order valence-corrected chi connectivity index (χ3v) is 4.47. The standard InChI is InChI=1S/C15H21N2O4S.Ni/c1-3-7-17(15(19)21-10-20-14(18)4-2)11-5-6-12-13(8-11)22-9-16-12;/h11H,3-8,10H2,1-2H3;/q-1;. The molecule has 0 fully saturated rings.